The lowest BCUT2D eigenvalue weighted by atomic mass is 10.2. The topological polar surface area (TPSA) is 50.4 Å². The van der Waals surface area contributed by atoms with E-state index in [2.05, 4.69) is 10.6 Å². The van der Waals surface area contributed by atoms with Crippen LogP contribution in [0.15, 0.2) is 35.7 Å². The number of urea groups is 1. The zero-order chi connectivity index (χ0) is 14.4. The summed E-state index contributed by atoms with van der Waals surface area (Å²) in [6, 6.07) is 9.37. The highest BCUT2D eigenvalue weighted by atomic mass is 32.1. The number of nitrogens with one attached hydrogen (secondary N) is 2. The van der Waals surface area contributed by atoms with Gasteiger partial charge in [0.25, 0.3) is 0 Å². The fourth-order valence-electron chi connectivity index (χ4n) is 1.74. The van der Waals surface area contributed by atoms with E-state index < -0.39 is 0 Å². The summed E-state index contributed by atoms with van der Waals surface area (Å²) in [5, 5.41) is 7.61. The molecule has 0 aliphatic rings. The van der Waals surface area contributed by atoms with Crippen LogP contribution in [0.5, 0.6) is 5.75 Å². The molecule has 0 fully saturated rings. The van der Waals surface area contributed by atoms with Crippen molar-refractivity contribution in [1.29, 1.82) is 0 Å². The van der Waals surface area contributed by atoms with Crippen LogP contribution >= 0.6 is 11.3 Å². The van der Waals surface area contributed by atoms with E-state index in [-0.39, 0.29) is 6.03 Å². The Kier molecular flexibility index (Phi) is 5.01. The van der Waals surface area contributed by atoms with Crippen molar-refractivity contribution in [3.8, 4) is 5.75 Å². The minimum atomic E-state index is -0.218. The molecular formula is C15H18N2O2S. The second kappa shape index (κ2) is 6.96. The maximum atomic E-state index is 11.8. The standard InChI is InChI=1S/C15H18N2O2S/c1-3-19-14-9-12(7-6-11(14)2)17-15(18)16-10-13-5-4-8-20-13/h4-9H,3,10H2,1-2H3,(H2,16,17,18). The average Bonchev–Trinajstić information content (AvgIpc) is 2.94. The fourth-order valence-corrected chi connectivity index (χ4v) is 2.39. The molecule has 106 valence electrons. The summed E-state index contributed by atoms with van der Waals surface area (Å²) in [7, 11) is 0. The fraction of sp³-hybridized carbons (Fsp3) is 0.267. The second-order valence-electron chi connectivity index (χ2n) is 4.30. The molecule has 0 aliphatic heterocycles. The summed E-state index contributed by atoms with van der Waals surface area (Å²) in [4.78, 5) is 12.9. The molecule has 1 aromatic carbocycles. The van der Waals surface area contributed by atoms with Crippen molar-refractivity contribution in [3.05, 3.63) is 46.2 Å². The normalized spacial score (nSPS) is 10.1. The van der Waals surface area contributed by atoms with E-state index >= 15 is 0 Å². The van der Waals surface area contributed by atoms with Crippen LogP contribution in [-0.2, 0) is 6.54 Å². The summed E-state index contributed by atoms with van der Waals surface area (Å²) in [6.45, 7) is 5.06. The predicted octanol–water partition coefficient (Wildman–Crippen LogP) is 3.78. The molecule has 4 nitrogen and oxygen atoms in total. The van der Waals surface area contributed by atoms with E-state index in [1.54, 1.807) is 11.3 Å². The Morgan fingerprint density at radius 1 is 1.35 bits per heavy atom. The SMILES string of the molecule is CCOc1cc(NC(=O)NCc2cccs2)ccc1C. The number of aryl methyl sites for hydroxylation is 1. The molecule has 2 amide bonds. The van der Waals surface area contributed by atoms with Gasteiger partial charge >= 0.3 is 6.03 Å². The highest BCUT2D eigenvalue weighted by molar-refractivity contribution is 7.09. The number of carbonyl (C=O) groups excluding carboxylic acids is 1. The molecule has 0 spiro atoms. The van der Waals surface area contributed by atoms with E-state index in [0.717, 1.165) is 21.9 Å². The van der Waals surface area contributed by atoms with Crippen molar-refractivity contribution >= 4 is 23.1 Å². The van der Waals surface area contributed by atoms with E-state index in [4.69, 9.17) is 4.74 Å². The van der Waals surface area contributed by atoms with Crippen molar-refractivity contribution in [3.63, 3.8) is 0 Å². The first-order chi connectivity index (χ1) is 9.69. The molecule has 2 N–H and O–H groups in total. The summed E-state index contributed by atoms with van der Waals surface area (Å²) < 4.78 is 5.51. The molecule has 0 aliphatic carbocycles. The van der Waals surface area contributed by atoms with Gasteiger partial charge in [-0.15, -0.1) is 11.3 Å². The third kappa shape index (κ3) is 3.99. The molecule has 2 aromatic rings. The Hall–Kier alpha value is -2.01. The van der Waals surface area contributed by atoms with E-state index in [1.807, 2.05) is 49.6 Å². The molecule has 2 rings (SSSR count). The van der Waals surface area contributed by atoms with Gasteiger partial charge in [0.2, 0.25) is 0 Å². The van der Waals surface area contributed by atoms with Crippen LogP contribution < -0.4 is 15.4 Å². The smallest absolute Gasteiger partial charge is 0.319 e. The van der Waals surface area contributed by atoms with Gasteiger partial charge in [0.15, 0.2) is 0 Å². The summed E-state index contributed by atoms with van der Waals surface area (Å²) in [5.74, 6) is 0.795. The molecule has 0 atom stereocenters. The van der Waals surface area contributed by atoms with Gasteiger partial charge < -0.3 is 15.4 Å². The summed E-state index contributed by atoms with van der Waals surface area (Å²) in [5.41, 5.74) is 1.78. The molecule has 20 heavy (non-hydrogen) atoms. The maximum absolute atomic E-state index is 11.8. The van der Waals surface area contributed by atoms with Gasteiger partial charge in [-0.1, -0.05) is 12.1 Å². The highest BCUT2D eigenvalue weighted by Crippen LogP contribution is 2.22. The first-order valence-electron chi connectivity index (χ1n) is 6.49. The third-order valence-electron chi connectivity index (χ3n) is 2.75. The second-order valence-corrected chi connectivity index (χ2v) is 5.33. The molecule has 5 heteroatoms. The van der Waals surface area contributed by atoms with Crippen LogP contribution in [0.25, 0.3) is 0 Å². The number of carbonyl (C=O) groups is 1. The van der Waals surface area contributed by atoms with Gasteiger partial charge in [-0.05, 0) is 36.9 Å². The number of benzene rings is 1. The number of ether oxygens (including phenoxy) is 1. The molecule has 1 heterocycles. The first-order valence-corrected chi connectivity index (χ1v) is 7.37. The number of hydrogen-bond donors (Lipinski definition) is 2. The maximum Gasteiger partial charge on any atom is 0.319 e. The van der Waals surface area contributed by atoms with E-state index in [1.165, 1.54) is 0 Å². The van der Waals surface area contributed by atoms with Gasteiger partial charge in [-0.25, -0.2) is 4.79 Å². The molecule has 0 radical (unpaired) electrons. The summed E-state index contributed by atoms with van der Waals surface area (Å²) >= 11 is 1.62. The van der Waals surface area contributed by atoms with E-state index in [0.29, 0.717) is 13.2 Å². The Morgan fingerprint density at radius 2 is 2.20 bits per heavy atom. The summed E-state index contributed by atoms with van der Waals surface area (Å²) in [6.07, 6.45) is 0. The first kappa shape index (κ1) is 14.4. The molecule has 0 bridgehead atoms. The predicted molar refractivity (Wildman–Crippen MR) is 82.5 cm³/mol. The Labute approximate surface area is 122 Å². The lowest BCUT2D eigenvalue weighted by Gasteiger charge is -2.11. The van der Waals surface area contributed by atoms with E-state index in [9.17, 15) is 4.79 Å². The lowest BCUT2D eigenvalue weighted by Crippen LogP contribution is -2.27. The Morgan fingerprint density at radius 3 is 2.90 bits per heavy atom. The lowest BCUT2D eigenvalue weighted by molar-refractivity contribution is 0.252. The molecule has 0 saturated carbocycles. The average molecular weight is 290 g/mol. The molecule has 0 unspecified atom stereocenters. The Balaban J connectivity index is 1.92. The molecular weight excluding hydrogens is 272 g/mol. The van der Waals surface area contributed by atoms with Crippen molar-refractivity contribution in [2.75, 3.05) is 11.9 Å². The van der Waals surface area contributed by atoms with Gasteiger partial charge in [-0.2, -0.15) is 0 Å². The van der Waals surface area contributed by atoms with Gasteiger partial charge in [0, 0.05) is 16.6 Å². The van der Waals surface area contributed by atoms with Crippen LogP contribution in [-0.4, -0.2) is 12.6 Å². The zero-order valence-corrected chi connectivity index (χ0v) is 12.4. The number of rotatable bonds is 5. The largest absolute Gasteiger partial charge is 0.494 e. The minimum Gasteiger partial charge on any atom is -0.494 e. The number of thiophene rings is 1. The van der Waals surface area contributed by atoms with Crippen LogP contribution in [0.1, 0.15) is 17.4 Å². The van der Waals surface area contributed by atoms with Crippen molar-refractivity contribution in [2.45, 2.75) is 20.4 Å². The minimum absolute atomic E-state index is 0.218. The van der Waals surface area contributed by atoms with Crippen molar-refractivity contribution in [2.24, 2.45) is 0 Å². The number of hydrogen-bond acceptors (Lipinski definition) is 3. The zero-order valence-electron chi connectivity index (χ0n) is 11.6. The number of amides is 2. The van der Waals surface area contributed by atoms with Crippen LogP contribution in [0.4, 0.5) is 10.5 Å². The van der Waals surface area contributed by atoms with Gasteiger partial charge in [-0.3, -0.25) is 0 Å². The van der Waals surface area contributed by atoms with Crippen LogP contribution in [0.2, 0.25) is 0 Å². The van der Waals surface area contributed by atoms with Crippen molar-refractivity contribution in [1.82, 2.24) is 5.32 Å². The number of anilines is 1. The van der Waals surface area contributed by atoms with Crippen LogP contribution in [0, 0.1) is 6.92 Å². The highest BCUT2D eigenvalue weighted by Gasteiger charge is 2.05. The quantitative estimate of drug-likeness (QED) is 0.880. The van der Waals surface area contributed by atoms with Gasteiger partial charge in [0.1, 0.15) is 5.75 Å². The molecule has 0 saturated heterocycles. The molecule has 1 aromatic heterocycles. The van der Waals surface area contributed by atoms with Crippen LogP contribution in [0.3, 0.4) is 0 Å². The monoisotopic (exact) mass is 290 g/mol. The van der Waals surface area contributed by atoms with Gasteiger partial charge in [0.05, 0.1) is 13.2 Å². The third-order valence-corrected chi connectivity index (χ3v) is 3.63. The Bertz CT molecular complexity index is 567. The van der Waals surface area contributed by atoms with Crippen molar-refractivity contribution < 1.29 is 9.53 Å².